The summed E-state index contributed by atoms with van der Waals surface area (Å²) >= 11 is 0. The van der Waals surface area contributed by atoms with Crippen LogP contribution in [0.3, 0.4) is 0 Å². The number of nitrogens with one attached hydrogen (secondary N) is 2. The van der Waals surface area contributed by atoms with Gasteiger partial charge in [-0.2, -0.15) is 15.3 Å². The van der Waals surface area contributed by atoms with Gasteiger partial charge in [0.25, 0.3) is 0 Å². The Morgan fingerprint density at radius 3 is 2.95 bits per heavy atom. The number of H-pyrrole nitrogens is 1. The van der Waals surface area contributed by atoms with Gasteiger partial charge in [0.05, 0.1) is 23.7 Å². The van der Waals surface area contributed by atoms with Crippen molar-refractivity contribution in [3.05, 3.63) is 30.5 Å². The van der Waals surface area contributed by atoms with E-state index in [2.05, 4.69) is 31.6 Å². The van der Waals surface area contributed by atoms with Crippen molar-refractivity contribution in [2.75, 3.05) is 17.6 Å². The lowest BCUT2D eigenvalue weighted by Crippen LogP contribution is -2.06. The van der Waals surface area contributed by atoms with E-state index in [0.29, 0.717) is 18.8 Å². The molecule has 0 fully saturated rings. The van der Waals surface area contributed by atoms with Crippen molar-refractivity contribution in [3.63, 3.8) is 0 Å². The summed E-state index contributed by atoms with van der Waals surface area (Å²) in [5, 5.41) is 19.4. The number of aromatic nitrogens is 4. The van der Waals surface area contributed by atoms with Gasteiger partial charge in [-0.3, -0.25) is 5.10 Å². The van der Waals surface area contributed by atoms with Crippen LogP contribution in [-0.4, -0.2) is 26.7 Å². The van der Waals surface area contributed by atoms with Crippen LogP contribution in [-0.2, 0) is 0 Å². The minimum absolute atomic E-state index is 0.198. The molecule has 21 heavy (non-hydrogen) atoms. The summed E-state index contributed by atoms with van der Waals surface area (Å²) in [4.78, 5) is 8.45. The Bertz CT molecular complexity index is 802. The molecular weight excluding hydrogens is 266 g/mol. The lowest BCUT2D eigenvalue weighted by Gasteiger charge is -2.09. The predicted molar refractivity (Wildman–Crippen MR) is 80.3 cm³/mol. The maximum absolute atomic E-state index is 8.60. The molecule has 3 rings (SSSR count). The SMILES string of the molecule is N#CCCNc1nc(N)nc2cc(-c3ccn[nH]3)ccc12. The molecule has 4 N–H and O–H groups in total. The van der Waals surface area contributed by atoms with Crippen molar-refractivity contribution in [2.24, 2.45) is 0 Å². The fourth-order valence-corrected chi connectivity index (χ4v) is 2.10. The zero-order chi connectivity index (χ0) is 14.7. The van der Waals surface area contributed by atoms with Gasteiger partial charge in [0.1, 0.15) is 5.82 Å². The van der Waals surface area contributed by atoms with Crippen LogP contribution in [0.2, 0.25) is 0 Å². The van der Waals surface area contributed by atoms with Gasteiger partial charge in [-0.05, 0) is 18.2 Å². The normalized spacial score (nSPS) is 10.4. The number of rotatable bonds is 4. The van der Waals surface area contributed by atoms with Crippen molar-refractivity contribution in [1.82, 2.24) is 20.2 Å². The maximum atomic E-state index is 8.60. The third-order valence-corrected chi connectivity index (χ3v) is 3.06. The summed E-state index contributed by atoms with van der Waals surface area (Å²) < 4.78 is 0. The van der Waals surface area contributed by atoms with Gasteiger partial charge in [-0.15, -0.1) is 0 Å². The molecule has 104 valence electrons. The van der Waals surface area contributed by atoms with Crippen LogP contribution in [0.25, 0.3) is 22.2 Å². The Kier molecular flexibility index (Phi) is 3.35. The number of aromatic amines is 1. The average Bonchev–Trinajstić information content (AvgIpc) is 3.01. The Labute approximate surface area is 120 Å². The zero-order valence-corrected chi connectivity index (χ0v) is 11.2. The van der Waals surface area contributed by atoms with E-state index in [0.717, 1.165) is 22.2 Å². The first kappa shape index (κ1) is 12.9. The molecule has 0 spiro atoms. The van der Waals surface area contributed by atoms with Crippen LogP contribution in [0.4, 0.5) is 11.8 Å². The van der Waals surface area contributed by atoms with Gasteiger partial charge in [0.15, 0.2) is 0 Å². The topological polar surface area (TPSA) is 116 Å². The van der Waals surface area contributed by atoms with E-state index in [1.165, 1.54) is 0 Å². The van der Waals surface area contributed by atoms with Gasteiger partial charge in [0.2, 0.25) is 5.95 Å². The van der Waals surface area contributed by atoms with Crippen LogP contribution in [0, 0.1) is 11.3 Å². The summed E-state index contributed by atoms with van der Waals surface area (Å²) in [5.74, 6) is 0.840. The van der Waals surface area contributed by atoms with Gasteiger partial charge in [-0.1, -0.05) is 6.07 Å². The highest BCUT2D eigenvalue weighted by molar-refractivity contribution is 5.92. The van der Waals surface area contributed by atoms with Crippen molar-refractivity contribution in [3.8, 4) is 17.3 Å². The largest absolute Gasteiger partial charge is 0.368 e. The summed E-state index contributed by atoms with van der Waals surface area (Å²) in [7, 11) is 0. The highest BCUT2D eigenvalue weighted by Gasteiger charge is 2.08. The molecule has 2 aromatic heterocycles. The fourth-order valence-electron chi connectivity index (χ4n) is 2.10. The third kappa shape index (κ3) is 2.60. The summed E-state index contributed by atoms with van der Waals surface area (Å²) in [6.45, 7) is 0.518. The van der Waals surface area contributed by atoms with E-state index in [-0.39, 0.29) is 5.95 Å². The minimum Gasteiger partial charge on any atom is -0.368 e. The number of hydrogen-bond donors (Lipinski definition) is 3. The number of nitrogens with two attached hydrogens (primary N) is 1. The van der Waals surface area contributed by atoms with Crippen LogP contribution in [0.5, 0.6) is 0 Å². The quantitative estimate of drug-likeness (QED) is 0.628. The van der Waals surface area contributed by atoms with Gasteiger partial charge in [0, 0.05) is 23.7 Å². The number of benzene rings is 1. The van der Waals surface area contributed by atoms with Crippen molar-refractivity contribution in [1.29, 1.82) is 5.26 Å². The lowest BCUT2D eigenvalue weighted by molar-refractivity contribution is 1.06. The van der Waals surface area contributed by atoms with Crippen molar-refractivity contribution in [2.45, 2.75) is 6.42 Å². The molecule has 0 amide bonds. The Morgan fingerprint density at radius 1 is 1.29 bits per heavy atom. The van der Waals surface area contributed by atoms with Gasteiger partial charge < -0.3 is 11.1 Å². The molecule has 2 heterocycles. The summed E-state index contributed by atoms with van der Waals surface area (Å²) in [6.07, 6.45) is 2.10. The van der Waals surface area contributed by atoms with E-state index in [9.17, 15) is 0 Å². The van der Waals surface area contributed by atoms with Gasteiger partial charge >= 0.3 is 0 Å². The average molecular weight is 279 g/mol. The standard InChI is InChI=1S/C14H13N7/c15-5-1-6-17-13-10-3-2-9(11-4-7-18-21-11)8-12(10)19-14(16)20-13/h2-4,7-8H,1,6H2,(H,18,21)(H3,16,17,19,20). The Hall–Kier alpha value is -3.14. The van der Waals surface area contributed by atoms with Crippen LogP contribution in [0.15, 0.2) is 30.5 Å². The number of nitrogens with zero attached hydrogens (tertiary/aromatic N) is 4. The molecule has 7 heteroatoms. The highest BCUT2D eigenvalue weighted by atomic mass is 15.1. The number of nitrogen functional groups attached to an aromatic ring is 1. The molecular formula is C14H13N7. The van der Waals surface area contributed by atoms with Crippen molar-refractivity contribution < 1.29 is 0 Å². The molecule has 0 atom stereocenters. The van der Waals surface area contributed by atoms with E-state index >= 15 is 0 Å². The molecule has 0 bridgehead atoms. The fraction of sp³-hybridized carbons (Fsp3) is 0.143. The van der Waals surface area contributed by atoms with Crippen LogP contribution in [0.1, 0.15) is 6.42 Å². The first-order valence-corrected chi connectivity index (χ1v) is 6.46. The second kappa shape index (κ2) is 5.46. The minimum atomic E-state index is 0.198. The summed E-state index contributed by atoms with van der Waals surface area (Å²) in [5.41, 5.74) is 8.38. The second-order valence-electron chi connectivity index (χ2n) is 4.47. The number of fused-ring (bicyclic) bond motifs is 1. The Morgan fingerprint density at radius 2 is 2.19 bits per heavy atom. The first-order valence-electron chi connectivity index (χ1n) is 6.46. The van der Waals surface area contributed by atoms with E-state index in [1.807, 2.05) is 24.3 Å². The molecule has 0 radical (unpaired) electrons. The molecule has 0 saturated heterocycles. The molecule has 1 aromatic carbocycles. The number of nitriles is 1. The maximum Gasteiger partial charge on any atom is 0.222 e. The molecule has 0 unspecified atom stereocenters. The molecule has 3 aromatic rings. The molecule has 7 nitrogen and oxygen atoms in total. The number of hydrogen-bond acceptors (Lipinski definition) is 6. The second-order valence-corrected chi connectivity index (χ2v) is 4.47. The Balaban J connectivity index is 2.04. The highest BCUT2D eigenvalue weighted by Crippen LogP contribution is 2.26. The lowest BCUT2D eigenvalue weighted by atomic mass is 10.1. The van der Waals surface area contributed by atoms with E-state index < -0.39 is 0 Å². The number of anilines is 2. The molecule has 0 aliphatic carbocycles. The van der Waals surface area contributed by atoms with Gasteiger partial charge in [-0.25, -0.2) is 4.98 Å². The molecule has 0 saturated carbocycles. The zero-order valence-electron chi connectivity index (χ0n) is 11.2. The third-order valence-electron chi connectivity index (χ3n) is 3.06. The van der Waals surface area contributed by atoms with Crippen molar-refractivity contribution >= 4 is 22.7 Å². The molecule has 0 aliphatic heterocycles. The predicted octanol–water partition coefficient (Wildman–Crippen LogP) is 1.93. The van der Waals surface area contributed by atoms with E-state index in [4.69, 9.17) is 11.0 Å². The van der Waals surface area contributed by atoms with Crippen LogP contribution < -0.4 is 11.1 Å². The first-order chi connectivity index (χ1) is 10.3. The van der Waals surface area contributed by atoms with E-state index in [1.54, 1.807) is 6.20 Å². The summed E-state index contributed by atoms with van der Waals surface area (Å²) in [6, 6.07) is 9.79. The molecule has 0 aliphatic rings. The van der Waals surface area contributed by atoms with Crippen LogP contribution >= 0.6 is 0 Å². The smallest absolute Gasteiger partial charge is 0.222 e. The monoisotopic (exact) mass is 279 g/mol.